The Morgan fingerprint density at radius 3 is 1.38 bits per heavy atom. The standard InChI is InChI=1S/C40H34F2N2O6/c1-20-6-10-22(11-7-20)33(45)31-30(35(47)50-38(3,4)5)32(34(46)23-12-8-21(2)9-13-23)40(27-19-25(42)15-17-29(27)44-37(40)49)39(31)26-18-24(41)14-16-28(26)43-36(39)48/h6-19,30-32H,1-5H3,(H,43,48)(H,44,49). The maximum Gasteiger partial charge on any atom is 0.311 e. The molecule has 4 unspecified atom stereocenters. The summed E-state index contributed by atoms with van der Waals surface area (Å²) in [5.41, 5.74) is -4.25. The van der Waals surface area contributed by atoms with E-state index in [1.165, 1.54) is 36.4 Å². The van der Waals surface area contributed by atoms with Gasteiger partial charge in [0.2, 0.25) is 11.8 Å². The molecule has 2 amide bonds. The highest BCUT2D eigenvalue weighted by Gasteiger charge is 2.83. The third-order valence-electron chi connectivity index (χ3n) is 10.2. The Morgan fingerprint density at radius 1 is 0.640 bits per heavy atom. The Labute approximate surface area is 287 Å². The number of benzene rings is 4. The second-order valence-corrected chi connectivity index (χ2v) is 14.4. The highest BCUT2D eigenvalue weighted by Crippen LogP contribution is 2.70. The van der Waals surface area contributed by atoms with Crippen molar-refractivity contribution < 1.29 is 37.5 Å². The van der Waals surface area contributed by atoms with Crippen molar-refractivity contribution >= 4 is 40.7 Å². The lowest BCUT2D eigenvalue weighted by atomic mass is 9.53. The summed E-state index contributed by atoms with van der Waals surface area (Å²) in [7, 11) is 0. The van der Waals surface area contributed by atoms with Gasteiger partial charge in [0.1, 0.15) is 28.1 Å². The average molecular weight is 677 g/mol. The van der Waals surface area contributed by atoms with Crippen LogP contribution in [0.4, 0.5) is 20.2 Å². The third-order valence-corrected chi connectivity index (χ3v) is 10.2. The van der Waals surface area contributed by atoms with Gasteiger partial charge < -0.3 is 15.4 Å². The highest BCUT2D eigenvalue weighted by atomic mass is 19.1. The van der Waals surface area contributed by atoms with Crippen molar-refractivity contribution in [2.45, 2.75) is 51.0 Å². The van der Waals surface area contributed by atoms with Gasteiger partial charge in [-0.3, -0.25) is 24.0 Å². The van der Waals surface area contributed by atoms with Crippen LogP contribution in [-0.4, -0.2) is 35.0 Å². The molecule has 2 heterocycles. The quantitative estimate of drug-likeness (QED) is 0.181. The van der Waals surface area contributed by atoms with Gasteiger partial charge in [-0.15, -0.1) is 0 Å². The van der Waals surface area contributed by atoms with Crippen LogP contribution < -0.4 is 10.6 Å². The van der Waals surface area contributed by atoms with E-state index in [2.05, 4.69) is 10.6 Å². The van der Waals surface area contributed by atoms with Gasteiger partial charge in [-0.1, -0.05) is 59.7 Å². The Kier molecular flexibility index (Phi) is 7.44. The summed E-state index contributed by atoms with van der Waals surface area (Å²) in [4.78, 5) is 75.3. The molecule has 4 aromatic rings. The van der Waals surface area contributed by atoms with Gasteiger partial charge in [0.05, 0.1) is 17.8 Å². The predicted molar refractivity (Wildman–Crippen MR) is 181 cm³/mol. The van der Waals surface area contributed by atoms with Gasteiger partial charge in [0.15, 0.2) is 11.6 Å². The molecule has 2 aliphatic heterocycles. The molecule has 7 rings (SSSR count). The number of esters is 1. The summed E-state index contributed by atoms with van der Waals surface area (Å²) >= 11 is 0. The predicted octanol–water partition coefficient (Wildman–Crippen LogP) is 6.63. The molecule has 1 aliphatic carbocycles. The van der Waals surface area contributed by atoms with E-state index in [-0.39, 0.29) is 33.6 Å². The maximum absolute atomic E-state index is 15.4. The van der Waals surface area contributed by atoms with E-state index in [9.17, 15) is 4.79 Å². The fourth-order valence-electron chi connectivity index (χ4n) is 8.37. The molecule has 3 aliphatic rings. The number of nitrogens with one attached hydrogen (secondary N) is 2. The number of carbonyl (C=O) groups excluding carboxylic acids is 5. The largest absolute Gasteiger partial charge is 0.460 e. The zero-order valence-electron chi connectivity index (χ0n) is 28.0. The molecule has 2 N–H and O–H groups in total. The summed E-state index contributed by atoms with van der Waals surface area (Å²) < 4.78 is 36.8. The first-order valence-electron chi connectivity index (χ1n) is 16.3. The Bertz CT molecular complexity index is 2000. The van der Waals surface area contributed by atoms with Crippen LogP contribution in [0.3, 0.4) is 0 Å². The van der Waals surface area contributed by atoms with E-state index in [0.717, 1.165) is 35.4 Å². The summed E-state index contributed by atoms with van der Waals surface area (Å²) in [5.74, 6) is -11.3. The van der Waals surface area contributed by atoms with Crippen LogP contribution in [0.2, 0.25) is 0 Å². The Balaban J connectivity index is 1.68. The van der Waals surface area contributed by atoms with Crippen LogP contribution in [0.15, 0.2) is 84.9 Å². The van der Waals surface area contributed by atoms with Gasteiger partial charge in [-0.05, 0) is 82.1 Å². The van der Waals surface area contributed by atoms with E-state index in [1.54, 1.807) is 45.0 Å². The lowest BCUT2D eigenvalue weighted by Crippen LogP contribution is -2.61. The lowest BCUT2D eigenvalue weighted by molar-refractivity contribution is -0.162. The van der Waals surface area contributed by atoms with Gasteiger partial charge in [-0.2, -0.15) is 0 Å². The van der Waals surface area contributed by atoms with Crippen LogP contribution in [0, 0.1) is 43.2 Å². The van der Waals surface area contributed by atoms with E-state index in [4.69, 9.17) is 4.74 Å². The highest BCUT2D eigenvalue weighted by molar-refractivity contribution is 6.25. The molecular weight excluding hydrogens is 642 g/mol. The summed E-state index contributed by atoms with van der Waals surface area (Å²) in [6.45, 7) is 8.46. The molecule has 8 nitrogen and oxygen atoms in total. The van der Waals surface area contributed by atoms with Crippen molar-refractivity contribution in [3.8, 4) is 0 Å². The number of Topliss-reactive ketones (excluding diaryl/α,β-unsaturated/α-hetero) is 2. The summed E-state index contributed by atoms with van der Waals surface area (Å²) in [5, 5.41) is 5.48. The SMILES string of the molecule is Cc1ccc(C(=O)C2C(C(=O)OC(C)(C)C)C(C(=O)c3ccc(C)cc3)C3(C(=O)Nc4ccc(F)cc43)C23C(=O)Nc2ccc(F)cc23)cc1. The van der Waals surface area contributed by atoms with Crippen LogP contribution in [0.5, 0.6) is 0 Å². The number of hydrogen-bond donors (Lipinski definition) is 2. The minimum atomic E-state index is -2.44. The number of ketones is 2. The molecule has 10 heteroatoms. The molecule has 4 atom stereocenters. The first kappa shape index (κ1) is 33.0. The minimum Gasteiger partial charge on any atom is -0.460 e. The molecule has 1 fully saturated rings. The number of halogens is 2. The van der Waals surface area contributed by atoms with Gasteiger partial charge in [0.25, 0.3) is 0 Å². The van der Waals surface area contributed by atoms with Crippen molar-refractivity contribution in [3.05, 3.63) is 130 Å². The molecule has 0 saturated heterocycles. The van der Waals surface area contributed by atoms with Crippen molar-refractivity contribution in [1.82, 2.24) is 0 Å². The monoisotopic (exact) mass is 676 g/mol. The number of ether oxygens (including phenoxy) is 1. The smallest absolute Gasteiger partial charge is 0.311 e. The molecule has 4 aromatic carbocycles. The molecule has 0 aromatic heterocycles. The number of aryl methyl sites for hydroxylation is 2. The molecule has 50 heavy (non-hydrogen) atoms. The first-order chi connectivity index (χ1) is 23.6. The van der Waals surface area contributed by atoms with Crippen molar-refractivity contribution in [2.75, 3.05) is 10.6 Å². The molecule has 0 bridgehead atoms. The number of amides is 2. The van der Waals surface area contributed by atoms with Gasteiger partial charge >= 0.3 is 5.97 Å². The molecule has 254 valence electrons. The third kappa shape index (κ3) is 4.57. The molecular formula is C40H34F2N2O6. The molecule has 2 spiro atoms. The zero-order valence-corrected chi connectivity index (χ0v) is 28.0. The van der Waals surface area contributed by atoms with Crippen LogP contribution in [-0.2, 0) is 30.0 Å². The fraction of sp³-hybridized carbons (Fsp3) is 0.275. The second-order valence-electron chi connectivity index (χ2n) is 14.4. The van der Waals surface area contributed by atoms with E-state index in [0.29, 0.717) is 0 Å². The van der Waals surface area contributed by atoms with Crippen LogP contribution in [0.25, 0.3) is 0 Å². The van der Waals surface area contributed by atoms with Crippen molar-refractivity contribution in [3.63, 3.8) is 0 Å². The van der Waals surface area contributed by atoms with E-state index in [1.807, 2.05) is 13.8 Å². The number of rotatable bonds is 5. The van der Waals surface area contributed by atoms with E-state index >= 15 is 28.0 Å². The summed E-state index contributed by atoms with van der Waals surface area (Å²) in [6, 6.07) is 19.7. The van der Waals surface area contributed by atoms with E-state index < -0.39 is 75.2 Å². The number of fused-ring (bicyclic) bond motifs is 5. The molecule has 1 saturated carbocycles. The normalized spacial score (nSPS) is 24.9. The minimum absolute atomic E-state index is 0.0847. The Morgan fingerprint density at radius 2 is 1.02 bits per heavy atom. The van der Waals surface area contributed by atoms with Crippen LogP contribution in [0.1, 0.15) is 63.7 Å². The number of hydrogen-bond acceptors (Lipinski definition) is 6. The zero-order chi connectivity index (χ0) is 35.9. The van der Waals surface area contributed by atoms with Gasteiger partial charge in [-0.25, -0.2) is 8.78 Å². The Hall–Kier alpha value is -5.51. The van der Waals surface area contributed by atoms with Crippen molar-refractivity contribution in [2.24, 2.45) is 17.8 Å². The topological polar surface area (TPSA) is 119 Å². The fourth-order valence-corrected chi connectivity index (χ4v) is 8.37. The molecule has 0 radical (unpaired) electrons. The van der Waals surface area contributed by atoms with Crippen LogP contribution >= 0.6 is 0 Å². The second kappa shape index (κ2) is 11.3. The number of carbonyl (C=O) groups is 5. The van der Waals surface area contributed by atoms with Crippen molar-refractivity contribution in [1.29, 1.82) is 0 Å². The average Bonchev–Trinajstić information content (AvgIpc) is 3.62. The summed E-state index contributed by atoms with van der Waals surface area (Å²) in [6.07, 6.45) is 0. The first-order valence-corrected chi connectivity index (χ1v) is 16.3. The maximum atomic E-state index is 15.4. The van der Waals surface area contributed by atoms with Gasteiger partial charge in [0, 0.05) is 22.5 Å². The number of anilines is 2. The lowest BCUT2D eigenvalue weighted by Gasteiger charge is -2.42.